The summed E-state index contributed by atoms with van der Waals surface area (Å²) in [6.07, 6.45) is 0. The van der Waals surface area contributed by atoms with Crippen molar-refractivity contribution in [2.45, 2.75) is 52.7 Å². The molecule has 0 spiro atoms. The number of ether oxygens (including phenoxy) is 2. The van der Waals surface area contributed by atoms with Crippen LogP contribution in [0.2, 0.25) is 0 Å². The number of rotatable bonds is 7. The molecule has 0 rings (SSSR count). The molecule has 0 aliphatic heterocycles. The van der Waals surface area contributed by atoms with Gasteiger partial charge in [0.1, 0.15) is 0 Å². The fourth-order valence-electron chi connectivity index (χ4n) is 1.26. The van der Waals surface area contributed by atoms with E-state index < -0.39 is 0 Å². The van der Waals surface area contributed by atoms with Gasteiger partial charge in [-0.1, -0.05) is 0 Å². The van der Waals surface area contributed by atoms with E-state index in [1.165, 1.54) is 0 Å². The fraction of sp³-hybridized carbons (Fsp3) is 1.00. The Bertz CT molecular complexity index is 161. The lowest BCUT2D eigenvalue weighted by atomic mass is 10.1. The molecule has 0 atom stereocenters. The Morgan fingerprint density at radius 2 is 1.60 bits per heavy atom. The molecule has 0 aromatic carbocycles. The molecule has 92 valence electrons. The van der Waals surface area contributed by atoms with Crippen LogP contribution in [-0.4, -0.2) is 37.5 Å². The van der Waals surface area contributed by atoms with Gasteiger partial charge in [-0.3, -0.25) is 0 Å². The van der Waals surface area contributed by atoms with Crippen LogP contribution in [0, 0.1) is 0 Å². The minimum Gasteiger partial charge on any atom is -0.375 e. The maximum absolute atomic E-state index is 5.60. The van der Waals surface area contributed by atoms with Crippen molar-refractivity contribution in [3.05, 3.63) is 0 Å². The molecule has 0 fully saturated rings. The van der Waals surface area contributed by atoms with Gasteiger partial charge in [0.15, 0.2) is 0 Å². The lowest BCUT2D eigenvalue weighted by Crippen LogP contribution is -2.39. The topological polar surface area (TPSA) is 30.5 Å². The Balaban J connectivity index is 3.46. The van der Waals surface area contributed by atoms with Crippen LogP contribution in [-0.2, 0) is 9.47 Å². The van der Waals surface area contributed by atoms with Crippen molar-refractivity contribution >= 4 is 0 Å². The quantitative estimate of drug-likeness (QED) is 0.663. The first-order chi connectivity index (χ1) is 6.77. The summed E-state index contributed by atoms with van der Waals surface area (Å²) in [4.78, 5) is 0. The van der Waals surface area contributed by atoms with Crippen LogP contribution in [0.4, 0.5) is 0 Å². The molecule has 0 radical (unpaired) electrons. The average Bonchev–Trinajstić information content (AvgIpc) is 2.00. The Hall–Kier alpha value is -0.120. The maximum Gasteiger partial charge on any atom is 0.0750 e. The van der Waals surface area contributed by atoms with Gasteiger partial charge < -0.3 is 14.8 Å². The predicted molar refractivity (Wildman–Crippen MR) is 64.3 cm³/mol. The van der Waals surface area contributed by atoms with E-state index in [9.17, 15) is 0 Å². The molecule has 0 unspecified atom stereocenters. The first-order valence-corrected chi connectivity index (χ1v) is 5.75. The van der Waals surface area contributed by atoms with Crippen molar-refractivity contribution in [2.24, 2.45) is 0 Å². The van der Waals surface area contributed by atoms with Crippen LogP contribution in [0.3, 0.4) is 0 Å². The number of hydrogen-bond acceptors (Lipinski definition) is 3. The molecule has 0 bridgehead atoms. The molecular formula is C12H27NO2. The van der Waals surface area contributed by atoms with Crippen LogP contribution < -0.4 is 5.32 Å². The van der Waals surface area contributed by atoms with E-state index in [0.717, 1.165) is 26.3 Å². The van der Waals surface area contributed by atoms with Crippen LogP contribution in [0.15, 0.2) is 0 Å². The fourth-order valence-corrected chi connectivity index (χ4v) is 1.26. The van der Waals surface area contributed by atoms with E-state index in [1.54, 1.807) is 0 Å². The van der Waals surface area contributed by atoms with Crippen molar-refractivity contribution in [2.75, 3.05) is 26.3 Å². The molecule has 0 amide bonds. The zero-order chi connectivity index (χ0) is 11.9. The minimum atomic E-state index is -0.0868. The van der Waals surface area contributed by atoms with E-state index >= 15 is 0 Å². The number of nitrogens with one attached hydrogen (secondary N) is 1. The summed E-state index contributed by atoms with van der Waals surface area (Å²) in [7, 11) is 0. The standard InChI is InChI=1S/C12H27NO2/c1-7-14-12(5,6)10-13-8-9-15-11(2,3)4/h13H,7-10H2,1-6H3. The Labute approximate surface area is 94.5 Å². The van der Waals surface area contributed by atoms with E-state index in [2.05, 4.69) is 39.9 Å². The summed E-state index contributed by atoms with van der Waals surface area (Å²) in [5.74, 6) is 0. The van der Waals surface area contributed by atoms with Crippen molar-refractivity contribution in [3.63, 3.8) is 0 Å². The lowest BCUT2D eigenvalue weighted by Gasteiger charge is -2.25. The summed E-state index contributed by atoms with van der Waals surface area (Å²) in [6.45, 7) is 15.6. The van der Waals surface area contributed by atoms with Crippen LogP contribution in [0.1, 0.15) is 41.5 Å². The molecule has 0 heterocycles. The zero-order valence-corrected chi connectivity index (χ0v) is 11.1. The highest BCUT2D eigenvalue weighted by Crippen LogP contribution is 2.07. The van der Waals surface area contributed by atoms with Crippen molar-refractivity contribution in [1.29, 1.82) is 0 Å². The molecule has 0 aromatic heterocycles. The van der Waals surface area contributed by atoms with Gasteiger partial charge in [0.2, 0.25) is 0 Å². The predicted octanol–water partition coefficient (Wildman–Crippen LogP) is 2.21. The molecule has 0 aliphatic carbocycles. The van der Waals surface area contributed by atoms with Gasteiger partial charge in [-0.2, -0.15) is 0 Å². The molecule has 3 nitrogen and oxygen atoms in total. The molecule has 3 heteroatoms. The third-order valence-corrected chi connectivity index (χ3v) is 1.90. The SMILES string of the molecule is CCOC(C)(C)CNCCOC(C)(C)C. The molecule has 0 saturated heterocycles. The van der Waals surface area contributed by atoms with Crippen molar-refractivity contribution < 1.29 is 9.47 Å². The van der Waals surface area contributed by atoms with E-state index in [1.807, 2.05) is 6.92 Å². The highest BCUT2D eigenvalue weighted by Gasteiger charge is 2.16. The van der Waals surface area contributed by atoms with E-state index in [-0.39, 0.29) is 11.2 Å². The third kappa shape index (κ3) is 10.2. The minimum absolute atomic E-state index is 0.0445. The second-order valence-corrected chi connectivity index (χ2v) is 5.33. The molecule has 15 heavy (non-hydrogen) atoms. The summed E-state index contributed by atoms with van der Waals surface area (Å²) in [5.41, 5.74) is -0.131. The number of hydrogen-bond donors (Lipinski definition) is 1. The maximum atomic E-state index is 5.60. The normalized spacial score (nSPS) is 13.2. The molecular weight excluding hydrogens is 190 g/mol. The highest BCUT2D eigenvalue weighted by atomic mass is 16.5. The van der Waals surface area contributed by atoms with Crippen LogP contribution in [0.5, 0.6) is 0 Å². The van der Waals surface area contributed by atoms with Gasteiger partial charge in [-0.25, -0.2) is 0 Å². The molecule has 1 N–H and O–H groups in total. The Morgan fingerprint density at radius 1 is 1.00 bits per heavy atom. The van der Waals surface area contributed by atoms with E-state index in [0.29, 0.717) is 0 Å². The monoisotopic (exact) mass is 217 g/mol. The first kappa shape index (κ1) is 14.9. The van der Waals surface area contributed by atoms with Crippen molar-refractivity contribution in [1.82, 2.24) is 5.32 Å². The molecule has 0 aromatic rings. The summed E-state index contributed by atoms with van der Waals surface area (Å²) in [5, 5.41) is 3.33. The van der Waals surface area contributed by atoms with Gasteiger partial charge in [0.05, 0.1) is 17.8 Å². The Kier molecular flexibility index (Phi) is 6.41. The summed E-state index contributed by atoms with van der Waals surface area (Å²) in [6, 6.07) is 0. The van der Waals surface area contributed by atoms with Gasteiger partial charge in [0, 0.05) is 19.7 Å². The lowest BCUT2D eigenvalue weighted by molar-refractivity contribution is -0.0181. The van der Waals surface area contributed by atoms with E-state index in [4.69, 9.17) is 9.47 Å². The van der Waals surface area contributed by atoms with Crippen molar-refractivity contribution in [3.8, 4) is 0 Å². The smallest absolute Gasteiger partial charge is 0.0750 e. The third-order valence-electron chi connectivity index (χ3n) is 1.90. The average molecular weight is 217 g/mol. The van der Waals surface area contributed by atoms with Crippen LogP contribution in [0.25, 0.3) is 0 Å². The highest BCUT2D eigenvalue weighted by molar-refractivity contribution is 4.71. The van der Waals surface area contributed by atoms with Gasteiger partial charge >= 0.3 is 0 Å². The second kappa shape index (κ2) is 6.46. The zero-order valence-electron chi connectivity index (χ0n) is 11.1. The second-order valence-electron chi connectivity index (χ2n) is 5.33. The Morgan fingerprint density at radius 3 is 2.07 bits per heavy atom. The van der Waals surface area contributed by atoms with Gasteiger partial charge in [0.25, 0.3) is 0 Å². The molecule has 0 aliphatic rings. The van der Waals surface area contributed by atoms with Crippen LogP contribution >= 0.6 is 0 Å². The first-order valence-electron chi connectivity index (χ1n) is 5.75. The summed E-state index contributed by atoms with van der Waals surface area (Å²) < 4.78 is 11.2. The van der Waals surface area contributed by atoms with Gasteiger partial charge in [-0.15, -0.1) is 0 Å². The van der Waals surface area contributed by atoms with Gasteiger partial charge in [-0.05, 0) is 41.5 Å². The summed E-state index contributed by atoms with van der Waals surface area (Å²) >= 11 is 0. The molecule has 0 saturated carbocycles. The largest absolute Gasteiger partial charge is 0.375 e.